The van der Waals surface area contributed by atoms with Crippen LogP contribution in [0.1, 0.15) is 51.1 Å². The maximum Gasteiger partial charge on any atom is 0.253 e. The molecule has 2 unspecified atom stereocenters. The van der Waals surface area contributed by atoms with Gasteiger partial charge in [-0.1, -0.05) is 32.3 Å². The van der Waals surface area contributed by atoms with E-state index in [1.165, 1.54) is 62.5 Å². The lowest BCUT2D eigenvalue weighted by Gasteiger charge is -2.36. The Morgan fingerprint density at radius 2 is 2.29 bits per heavy atom. The van der Waals surface area contributed by atoms with E-state index >= 15 is 0 Å². The van der Waals surface area contributed by atoms with Gasteiger partial charge in [0.25, 0.3) is 5.88 Å². The van der Waals surface area contributed by atoms with Crippen molar-refractivity contribution in [3.05, 3.63) is 11.8 Å². The van der Waals surface area contributed by atoms with Gasteiger partial charge in [-0.15, -0.1) is 4.37 Å². The maximum absolute atomic E-state index is 5.88. The largest absolute Gasteiger partial charge is 0.475 e. The van der Waals surface area contributed by atoms with Gasteiger partial charge in [0.1, 0.15) is 5.69 Å². The number of rotatable bonds is 7. The lowest BCUT2D eigenvalue weighted by Crippen LogP contribution is -2.39. The van der Waals surface area contributed by atoms with Crippen molar-refractivity contribution in [1.29, 1.82) is 0 Å². The summed E-state index contributed by atoms with van der Waals surface area (Å²) in [5.74, 6) is 1.45. The van der Waals surface area contributed by atoms with Gasteiger partial charge in [0, 0.05) is 13.1 Å². The summed E-state index contributed by atoms with van der Waals surface area (Å²) in [6, 6.07) is 0. The molecule has 3 rings (SSSR count). The first-order valence-electron chi connectivity index (χ1n) is 8.25. The highest BCUT2D eigenvalue weighted by Crippen LogP contribution is 2.32. The van der Waals surface area contributed by atoms with Crippen LogP contribution in [0.5, 0.6) is 5.88 Å². The molecule has 0 radical (unpaired) electrons. The first kappa shape index (κ1) is 15.0. The molecular formula is C16H25N3OS. The number of ether oxygens (including phenoxy) is 1. The highest BCUT2D eigenvalue weighted by Gasteiger charge is 2.27. The van der Waals surface area contributed by atoms with Gasteiger partial charge in [-0.2, -0.15) is 4.37 Å². The summed E-state index contributed by atoms with van der Waals surface area (Å²) in [7, 11) is 0. The lowest BCUT2D eigenvalue weighted by atomic mass is 9.90. The molecule has 2 atom stereocenters. The molecule has 116 valence electrons. The second-order valence-electron chi connectivity index (χ2n) is 6.16. The standard InChI is InChI=1S/C16H25N3OS/c1-2-3-4-5-9-20-16-15(17-21-18-16)14-10-13-7-6-8-19(11-13)12-14/h10,13H,2-9,11-12H2,1H3. The third-order valence-electron chi connectivity index (χ3n) is 4.37. The summed E-state index contributed by atoms with van der Waals surface area (Å²) in [5.41, 5.74) is 2.32. The fourth-order valence-electron chi connectivity index (χ4n) is 3.27. The molecule has 0 N–H and O–H groups in total. The van der Waals surface area contributed by atoms with E-state index in [1.807, 2.05) is 0 Å². The average Bonchev–Trinajstić information content (AvgIpc) is 2.95. The minimum absolute atomic E-state index is 0.696. The monoisotopic (exact) mass is 307 g/mol. The van der Waals surface area contributed by atoms with E-state index in [-0.39, 0.29) is 0 Å². The number of aromatic nitrogens is 2. The molecule has 2 aliphatic rings. The third kappa shape index (κ3) is 3.83. The molecule has 1 aromatic heterocycles. The number of unbranched alkanes of at least 4 members (excludes halogenated alkanes) is 3. The predicted octanol–water partition coefficient (Wildman–Crippen LogP) is 3.61. The van der Waals surface area contributed by atoms with Crippen LogP contribution in [0.3, 0.4) is 0 Å². The number of fused-ring (bicyclic) bond motifs is 2. The summed E-state index contributed by atoms with van der Waals surface area (Å²) in [4.78, 5) is 2.54. The van der Waals surface area contributed by atoms with Gasteiger partial charge in [0.15, 0.2) is 0 Å². The zero-order valence-corrected chi connectivity index (χ0v) is 13.7. The van der Waals surface area contributed by atoms with Crippen LogP contribution in [0.15, 0.2) is 6.08 Å². The van der Waals surface area contributed by atoms with Crippen LogP contribution < -0.4 is 4.74 Å². The predicted molar refractivity (Wildman–Crippen MR) is 86.7 cm³/mol. The normalized spacial score (nSPS) is 24.7. The molecule has 3 heterocycles. The van der Waals surface area contributed by atoms with Gasteiger partial charge in [0.05, 0.1) is 18.3 Å². The molecule has 1 aromatic rings. The van der Waals surface area contributed by atoms with E-state index in [0.29, 0.717) is 5.92 Å². The zero-order chi connectivity index (χ0) is 14.5. The summed E-state index contributed by atoms with van der Waals surface area (Å²) in [6.45, 7) is 6.44. The fourth-order valence-corrected chi connectivity index (χ4v) is 3.80. The summed E-state index contributed by atoms with van der Waals surface area (Å²) in [5, 5.41) is 0. The van der Waals surface area contributed by atoms with Gasteiger partial charge in [0.2, 0.25) is 0 Å². The van der Waals surface area contributed by atoms with Crippen molar-refractivity contribution in [1.82, 2.24) is 13.6 Å². The first-order valence-corrected chi connectivity index (χ1v) is 8.98. The summed E-state index contributed by atoms with van der Waals surface area (Å²) < 4.78 is 14.7. The Kier molecular flexibility index (Phi) is 5.25. The van der Waals surface area contributed by atoms with Crippen LogP contribution >= 0.6 is 11.7 Å². The molecule has 5 heteroatoms. The quantitative estimate of drug-likeness (QED) is 0.721. The highest BCUT2D eigenvalue weighted by atomic mass is 32.1. The van der Waals surface area contributed by atoms with Gasteiger partial charge in [-0.3, -0.25) is 4.90 Å². The third-order valence-corrected chi connectivity index (χ3v) is 4.88. The van der Waals surface area contributed by atoms with Crippen LogP contribution in [0.2, 0.25) is 0 Å². The van der Waals surface area contributed by atoms with Crippen LogP contribution in [-0.2, 0) is 0 Å². The Bertz CT molecular complexity index is 486. The second-order valence-corrected chi connectivity index (χ2v) is 6.68. The van der Waals surface area contributed by atoms with E-state index < -0.39 is 0 Å². The van der Waals surface area contributed by atoms with E-state index in [2.05, 4.69) is 26.6 Å². The topological polar surface area (TPSA) is 38.3 Å². The molecule has 2 aliphatic heterocycles. The van der Waals surface area contributed by atoms with Crippen molar-refractivity contribution in [3.63, 3.8) is 0 Å². The summed E-state index contributed by atoms with van der Waals surface area (Å²) in [6.07, 6.45) is 9.94. The van der Waals surface area contributed by atoms with Crippen molar-refractivity contribution in [3.8, 4) is 5.88 Å². The lowest BCUT2D eigenvalue weighted by molar-refractivity contribution is 0.207. The van der Waals surface area contributed by atoms with Crippen molar-refractivity contribution in [2.24, 2.45) is 5.92 Å². The molecule has 0 spiro atoms. The molecule has 0 saturated carbocycles. The molecule has 1 fully saturated rings. The summed E-state index contributed by atoms with van der Waals surface area (Å²) >= 11 is 1.27. The number of nitrogens with zero attached hydrogens (tertiary/aromatic N) is 3. The average molecular weight is 307 g/mol. The zero-order valence-electron chi connectivity index (χ0n) is 12.9. The molecule has 0 amide bonds. The van der Waals surface area contributed by atoms with E-state index in [9.17, 15) is 0 Å². The molecule has 4 nitrogen and oxygen atoms in total. The number of hydrogen-bond donors (Lipinski definition) is 0. The van der Waals surface area contributed by atoms with E-state index in [1.54, 1.807) is 0 Å². The Hall–Kier alpha value is -0.940. The minimum atomic E-state index is 0.696. The molecule has 21 heavy (non-hydrogen) atoms. The Morgan fingerprint density at radius 3 is 3.14 bits per heavy atom. The molecule has 0 aromatic carbocycles. The number of hydrogen-bond acceptors (Lipinski definition) is 5. The van der Waals surface area contributed by atoms with E-state index in [4.69, 9.17) is 4.74 Å². The number of piperidine rings is 1. The first-order chi connectivity index (χ1) is 10.4. The van der Waals surface area contributed by atoms with Crippen LogP contribution in [0, 0.1) is 5.92 Å². The SMILES string of the molecule is CCCCCCOc1nsnc1C1=CC2CCCN(C1)C2. The van der Waals surface area contributed by atoms with Crippen LogP contribution in [0.4, 0.5) is 0 Å². The highest BCUT2D eigenvalue weighted by molar-refractivity contribution is 6.99. The van der Waals surface area contributed by atoms with Crippen molar-refractivity contribution >= 4 is 17.3 Å². The second kappa shape index (κ2) is 7.36. The van der Waals surface area contributed by atoms with Crippen LogP contribution in [0.25, 0.3) is 5.57 Å². The minimum Gasteiger partial charge on any atom is -0.475 e. The molecule has 1 saturated heterocycles. The van der Waals surface area contributed by atoms with Crippen molar-refractivity contribution in [2.75, 3.05) is 26.2 Å². The van der Waals surface area contributed by atoms with Crippen molar-refractivity contribution in [2.45, 2.75) is 45.4 Å². The Labute approximate surface area is 131 Å². The van der Waals surface area contributed by atoms with E-state index in [0.717, 1.165) is 31.1 Å². The van der Waals surface area contributed by atoms with Gasteiger partial charge in [-0.05, 0) is 37.3 Å². The van der Waals surface area contributed by atoms with Gasteiger partial charge < -0.3 is 4.74 Å². The Morgan fingerprint density at radius 1 is 1.33 bits per heavy atom. The van der Waals surface area contributed by atoms with Gasteiger partial charge in [-0.25, -0.2) is 0 Å². The van der Waals surface area contributed by atoms with Crippen molar-refractivity contribution < 1.29 is 4.74 Å². The fraction of sp³-hybridized carbons (Fsp3) is 0.750. The maximum atomic E-state index is 5.88. The smallest absolute Gasteiger partial charge is 0.253 e. The Balaban J connectivity index is 1.61. The van der Waals surface area contributed by atoms with Crippen LogP contribution in [-0.4, -0.2) is 39.9 Å². The molecule has 0 aliphatic carbocycles. The van der Waals surface area contributed by atoms with Gasteiger partial charge >= 0.3 is 0 Å². The molecule has 2 bridgehead atoms. The molecular weight excluding hydrogens is 282 g/mol.